The van der Waals surface area contributed by atoms with Gasteiger partial charge in [-0.1, -0.05) is 0 Å². The van der Waals surface area contributed by atoms with E-state index in [2.05, 4.69) is 6.92 Å². The number of aliphatic hydroxyl groups excluding tert-OH is 1. The Bertz CT molecular complexity index is 346. The van der Waals surface area contributed by atoms with Crippen LogP contribution in [-0.4, -0.2) is 59.0 Å². The zero-order valence-electron chi connectivity index (χ0n) is 11.7. The van der Waals surface area contributed by atoms with Crippen LogP contribution in [0.5, 0.6) is 0 Å². The molecule has 0 spiro atoms. The molecule has 0 saturated carbocycles. The Morgan fingerprint density at radius 3 is 2.84 bits per heavy atom. The number of likely N-dealkylation sites (tertiary alicyclic amines) is 2. The largest absolute Gasteiger partial charge is 0.396 e. The van der Waals surface area contributed by atoms with Crippen LogP contribution in [0.15, 0.2) is 0 Å². The summed E-state index contributed by atoms with van der Waals surface area (Å²) in [4.78, 5) is 27.4. The lowest BCUT2D eigenvalue weighted by Crippen LogP contribution is -2.47. The fourth-order valence-electron chi connectivity index (χ4n) is 2.99. The third-order valence-corrected chi connectivity index (χ3v) is 4.33. The van der Waals surface area contributed by atoms with Gasteiger partial charge in [0.2, 0.25) is 11.8 Å². The van der Waals surface area contributed by atoms with E-state index in [4.69, 9.17) is 0 Å². The van der Waals surface area contributed by atoms with Crippen LogP contribution in [0, 0.1) is 5.92 Å². The molecular weight excluding hydrogens is 244 g/mol. The summed E-state index contributed by atoms with van der Waals surface area (Å²) in [6.45, 7) is 4.21. The average molecular weight is 268 g/mol. The molecule has 2 amide bonds. The highest BCUT2D eigenvalue weighted by atomic mass is 16.3. The van der Waals surface area contributed by atoms with Crippen molar-refractivity contribution in [2.45, 2.75) is 45.1 Å². The highest BCUT2D eigenvalue weighted by molar-refractivity contribution is 5.80. The van der Waals surface area contributed by atoms with Crippen molar-refractivity contribution in [3.8, 4) is 0 Å². The Kier molecular flexibility index (Phi) is 4.80. The first-order valence-corrected chi connectivity index (χ1v) is 7.30. The molecular formula is C14H24N2O3. The van der Waals surface area contributed by atoms with Gasteiger partial charge in [-0.3, -0.25) is 9.59 Å². The third-order valence-electron chi connectivity index (χ3n) is 4.33. The monoisotopic (exact) mass is 268 g/mol. The van der Waals surface area contributed by atoms with Crippen molar-refractivity contribution < 1.29 is 14.7 Å². The fraction of sp³-hybridized carbons (Fsp3) is 0.857. The molecule has 2 unspecified atom stereocenters. The summed E-state index contributed by atoms with van der Waals surface area (Å²) in [6.07, 6.45) is 3.90. The van der Waals surface area contributed by atoms with Gasteiger partial charge >= 0.3 is 0 Å². The van der Waals surface area contributed by atoms with E-state index in [1.165, 1.54) is 0 Å². The van der Waals surface area contributed by atoms with Gasteiger partial charge in [0.05, 0.1) is 0 Å². The lowest BCUT2D eigenvalue weighted by atomic mass is 9.94. The van der Waals surface area contributed by atoms with E-state index in [9.17, 15) is 14.7 Å². The molecule has 5 nitrogen and oxygen atoms in total. The average Bonchev–Trinajstić information content (AvgIpc) is 2.82. The first kappa shape index (κ1) is 14.3. The summed E-state index contributed by atoms with van der Waals surface area (Å²) >= 11 is 0. The molecule has 2 aliphatic heterocycles. The zero-order valence-corrected chi connectivity index (χ0v) is 11.7. The summed E-state index contributed by atoms with van der Waals surface area (Å²) in [5.41, 5.74) is 0. The number of hydrogen-bond donors (Lipinski definition) is 1. The predicted octanol–water partition coefficient (Wildman–Crippen LogP) is 0.618. The molecule has 2 atom stereocenters. The van der Waals surface area contributed by atoms with E-state index in [1.54, 1.807) is 4.90 Å². The van der Waals surface area contributed by atoms with E-state index < -0.39 is 0 Å². The highest BCUT2D eigenvalue weighted by Gasteiger charge is 2.29. The van der Waals surface area contributed by atoms with Crippen LogP contribution in [0.25, 0.3) is 0 Å². The van der Waals surface area contributed by atoms with Crippen LogP contribution < -0.4 is 0 Å². The number of amides is 2. The van der Waals surface area contributed by atoms with Crippen LogP contribution in [0.2, 0.25) is 0 Å². The molecule has 2 fully saturated rings. The van der Waals surface area contributed by atoms with E-state index in [1.807, 2.05) is 4.90 Å². The molecule has 19 heavy (non-hydrogen) atoms. The minimum Gasteiger partial charge on any atom is -0.396 e. The van der Waals surface area contributed by atoms with Crippen LogP contribution >= 0.6 is 0 Å². The van der Waals surface area contributed by atoms with Crippen LogP contribution in [0.4, 0.5) is 0 Å². The second-order valence-corrected chi connectivity index (χ2v) is 5.76. The Hall–Kier alpha value is -1.10. The predicted molar refractivity (Wildman–Crippen MR) is 71.4 cm³/mol. The van der Waals surface area contributed by atoms with Crippen molar-refractivity contribution in [1.29, 1.82) is 0 Å². The Balaban J connectivity index is 1.82. The number of aliphatic hydroxyl groups is 1. The summed E-state index contributed by atoms with van der Waals surface area (Å²) in [6, 6.07) is 0.254. The van der Waals surface area contributed by atoms with Crippen molar-refractivity contribution in [3.63, 3.8) is 0 Å². The van der Waals surface area contributed by atoms with Gasteiger partial charge in [0, 0.05) is 45.1 Å². The third kappa shape index (κ3) is 3.47. The molecule has 108 valence electrons. The lowest BCUT2D eigenvalue weighted by Gasteiger charge is -2.37. The van der Waals surface area contributed by atoms with Crippen molar-refractivity contribution in [3.05, 3.63) is 0 Å². The van der Waals surface area contributed by atoms with Crippen molar-refractivity contribution in [2.75, 3.05) is 26.2 Å². The molecule has 2 rings (SSSR count). The maximum Gasteiger partial charge on any atom is 0.224 e. The summed E-state index contributed by atoms with van der Waals surface area (Å²) < 4.78 is 0. The van der Waals surface area contributed by atoms with Crippen molar-refractivity contribution in [2.24, 2.45) is 5.92 Å². The number of rotatable bonds is 4. The molecule has 0 aromatic carbocycles. The van der Waals surface area contributed by atoms with Gasteiger partial charge in [-0.25, -0.2) is 0 Å². The van der Waals surface area contributed by atoms with Gasteiger partial charge in [0.1, 0.15) is 0 Å². The Labute approximate surface area is 114 Å². The molecule has 1 N–H and O–H groups in total. The van der Waals surface area contributed by atoms with E-state index in [-0.39, 0.29) is 30.4 Å². The standard InChI is InChI=1S/C14H24N2O3/c1-11-4-5-12(10-17)9-16(11)14(19)6-8-15-7-2-3-13(15)18/h11-12,17H,2-10H2,1H3. The van der Waals surface area contributed by atoms with Gasteiger partial charge in [-0.15, -0.1) is 0 Å². The van der Waals surface area contributed by atoms with Gasteiger partial charge in [0.25, 0.3) is 0 Å². The molecule has 0 aliphatic carbocycles. The van der Waals surface area contributed by atoms with E-state index in [0.717, 1.165) is 25.8 Å². The maximum absolute atomic E-state index is 12.2. The Morgan fingerprint density at radius 2 is 2.21 bits per heavy atom. The summed E-state index contributed by atoms with van der Waals surface area (Å²) in [5.74, 6) is 0.506. The second-order valence-electron chi connectivity index (χ2n) is 5.76. The highest BCUT2D eigenvalue weighted by Crippen LogP contribution is 2.22. The molecule has 2 saturated heterocycles. The number of carbonyl (C=O) groups excluding carboxylic acids is 2. The fourth-order valence-corrected chi connectivity index (χ4v) is 2.99. The minimum atomic E-state index is 0.116. The molecule has 0 radical (unpaired) electrons. The Morgan fingerprint density at radius 1 is 1.42 bits per heavy atom. The van der Waals surface area contributed by atoms with Crippen LogP contribution in [-0.2, 0) is 9.59 Å². The van der Waals surface area contributed by atoms with Crippen LogP contribution in [0.3, 0.4) is 0 Å². The molecule has 5 heteroatoms. The van der Waals surface area contributed by atoms with E-state index >= 15 is 0 Å². The van der Waals surface area contributed by atoms with Crippen LogP contribution in [0.1, 0.15) is 39.0 Å². The van der Waals surface area contributed by atoms with Crippen molar-refractivity contribution >= 4 is 11.8 Å². The minimum absolute atomic E-state index is 0.116. The maximum atomic E-state index is 12.2. The first-order valence-electron chi connectivity index (χ1n) is 7.30. The number of nitrogens with zero attached hydrogens (tertiary/aromatic N) is 2. The molecule has 0 aromatic rings. The first-order chi connectivity index (χ1) is 9.11. The van der Waals surface area contributed by atoms with E-state index in [0.29, 0.717) is 25.9 Å². The quantitative estimate of drug-likeness (QED) is 0.813. The van der Waals surface area contributed by atoms with Gasteiger partial charge in [-0.05, 0) is 32.1 Å². The van der Waals surface area contributed by atoms with Gasteiger partial charge < -0.3 is 14.9 Å². The smallest absolute Gasteiger partial charge is 0.224 e. The molecule has 2 aliphatic rings. The zero-order chi connectivity index (χ0) is 13.8. The van der Waals surface area contributed by atoms with Crippen molar-refractivity contribution in [1.82, 2.24) is 9.80 Å². The summed E-state index contributed by atoms with van der Waals surface area (Å²) in [5, 5.41) is 9.22. The summed E-state index contributed by atoms with van der Waals surface area (Å²) in [7, 11) is 0. The number of carbonyl (C=O) groups is 2. The van der Waals surface area contributed by atoms with Gasteiger partial charge in [-0.2, -0.15) is 0 Å². The normalized spacial score (nSPS) is 28.0. The second kappa shape index (κ2) is 6.37. The molecule has 0 bridgehead atoms. The SMILES string of the molecule is CC1CCC(CO)CN1C(=O)CCN1CCCC1=O. The molecule has 2 heterocycles. The number of hydrogen-bond acceptors (Lipinski definition) is 3. The lowest BCUT2D eigenvalue weighted by molar-refractivity contribution is -0.137. The van der Waals surface area contributed by atoms with Gasteiger partial charge in [0.15, 0.2) is 0 Å². The molecule has 0 aromatic heterocycles. The topological polar surface area (TPSA) is 60.9 Å². The number of piperidine rings is 1.